The molecule has 6 bridgehead atoms. The Hall–Kier alpha value is -5.65. The number of nitrogens with zero attached hydrogens (tertiary/aromatic N) is 7. The van der Waals surface area contributed by atoms with E-state index in [-0.39, 0.29) is 48.9 Å². The Morgan fingerprint density at radius 1 is 1.13 bits per heavy atom. The van der Waals surface area contributed by atoms with Crippen LogP contribution in [0.5, 0.6) is 0 Å². The van der Waals surface area contributed by atoms with E-state index < -0.39 is 41.3 Å². The van der Waals surface area contributed by atoms with Gasteiger partial charge in [0.25, 0.3) is 5.91 Å². The monoisotopic (exact) mass is 952 g/mol. The van der Waals surface area contributed by atoms with Crippen molar-refractivity contribution in [1.29, 1.82) is 0 Å². The Labute approximate surface area is 404 Å². The largest absolute Gasteiger partial charge is 0.464 e. The minimum atomic E-state index is -1.09. The second-order valence-corrected chi connectivity index (χ2v) is 20.6. The van der Waals surface area contributed by atoms with Crippen LogP contribution in [0.1, 0.15) is 90.1 Å². The fraction of sp³-hybridized carbons (Fsp3) is 0.549. The summed E-state index contributed by atoms with van der Waals surface area (Å²) in [6, 6.07) is 7.05. The number of aromatic nitrogens is 3. The van der Waals surface area contributed by atoms with Crippen molar-refractivity contribution in [3.63, 3.8) is 0 Å². The molecular weight excluding hydrogens is 883 g/mol. The van der Waals surface area contributed by atoms with Gasteiger partial charge in [-0.25, -0.2) is 15.2 Å². The maximum absolute atomic E-state index is 14.7. The predicted octanol–water partition coefficient (Wildman–Crippen LogP) is 6.63. The molecule has 1 aromatic carbocycles. The Kier molecular flexibility index (Phi) is 15.5. The third-order valence-electron chi connectivity index (χ3n) is 14.0. The van der Waals surface area contributed by atoms with Gasteiger partial charge in [-0.1, -0.05) is 47.3 Å². The molecular formula is C51H69N9O7S. The highest BCUT2D eigenvalue weighted by atomic mass is 32.1. The SMILES string of the molecule is C=CC(=O)N(C)[C@H]1CN(C(=O)N(C)[C@H](C(=O)N[C@H]2Cc3nc(cs3)-c3ccc4c(c3)c(c(-c3cccnc3[C@H](C)OC)n4CC)CC(C)(C)COC(=O)[C@@H]3CCCN(N3)C2=O)C(C)C)C[C@@H]1CC. The first-order chi connectivity index (χ1) is 32.4. The number of aryl methyl sites for hydroxylation is 1. The van der Waals surface area contributed by atoms with Gasteiger partial charge in [-0.15, -0.1) is 11.3 Å². The Morgan fingerprint density at radius 2 is 1.90 bits per heavy atom. The molecule has 0 saturated carbocycles. The normalized spacial score (nSPS) is 21.8. The molecule has 5 amide bonds. The van der Waals surface area contributed by atoms with Crippen LogP contribution in [0.4, 0.5) is 4.79 Å². The number of fused-ring (bicyclic) bond motifs is 6. The molecule has 0 radical (unpaired) electrons. The highest BCUT2D eigenvalue weighted by Crippen LogP contribution is 2.42. The fourth-order valence-corrected chi connectivity index (χ4v) is 11.1. The van der Waals surface area contributed by atoms with Crippen molar-refractivity contribution >= 4 is 52.0 Å². The predicted molar refractivity (Wildman–Crippen MR) is 263 cm³/mol. The van der Waals surface area contributed by atoms with Crippen LogP contribution in [-0.2, 0) is 48.0 Å². The zero-order chi connectivity index (χ0) is 49.2. The molecule has 3 aliphatic heterocycles. The van der Waals surface area contributed by atoms with Crippen LogP contribution in [0.2, 0.25) is 0 Å². The average molecular weight is 952 g/mol. The number of pyridine rings is 1. The van der Waals surface area contributed by atoms with Gasteiger partial charge in [0, 0.05) is 92.8 Å². The number of carbonyl (C=O) groups is 5. The molecule has 0 unspecified atom stereocenters. The smallest absolute Gasteiger partial charge is 0.324 e. The maximum Gasteiger partial charge on any atom is 0.324 e. The quantitative estimate of drug-likeness (QED) is 0.123. The summed E-state index contributed by atoms with van der Waals surface area (Å²) in [7, 11) is 5.02. The maximum atomic E-state index is 14.7. The fourth-order valence-electron chi connectivity index (χ4n) is 10.2. The minimum Gasteiger partial charge on any atom is -0.464 e. The molecule has 6 heterocycles. The molecule has 366 valence electrons. The first-order valence-electron chi connectivity index (χ1n) is 23.9. The van der Waals surface area contributed by atoms with Crippen molar-refractivity contribution in [3.05, 3.63) is 70.8 Å². The van der Waals surface area contributed by atoms with Crippen LogP contribution in [0.15, 0.2) is 54.6 Å². The summed E-state index contributed by atoms with van der Waals surface area (Å²) in [4.78, 5) is 84.7. The van der Waals surface area contributed by atoms with E-state index in [2.05, 4.69) is 66.9 Å². The van der Waals surface area contributed by atoms with Crippen molar-refractivity contribution < 1.29 is 33.4 Å². The molecule has 2 saturated heterocycles. The highest BCUT2D eigenvalue weighted by molar-refractivity contribution is 7.10. The summed E-state index contributed by atoms with van der Waals surface area (Å²) in [6.07, 6.45) is 5.21. The summed E-state index contributed by atoms with van der Waals surface area (Å²) in [5.41, 5.74) is 9.25. The van der Waals surface area contributed by atoms with E-state index in [0.717, 1.165) is 51.1 Å². The zero-order valence-electron chi connectivity index (χ0n) is 41.3. The number of ether oxygens (including phenoxy) is 2. The van der Waals surface area contributed by atoms with Gasteiger partial charge >= 0.3 is 12.0 Å². The van der Waals surface area contributed by atoms with Crippen LogP contribution < -0.4 is 10.7 Å². The highest BCUT2D eigenvalue weighted by Gasteiger charge is 2.42. The molecule has 3 aliphatic rings. The van der Waals surface area contributed by atoms with Gasteiger partial charge in [-0.3, -0.25) is 29.2 Å². The van der Waals surface area contributed by atoms with Crippen LogP contribution in [0.3, 0.4) is 0 Å². The lowest BCUT2D eigenvalue weighted by Crippen LogP contribution is -2.62. The van der Waals surface area contributed by atoms with Crippen LogP contribution in [0.25, 0.3) is 33.4 Å². The molecule has 7 rings (SSSR count). The minimum absolute atomic E-state index is 0.0501. The number of esters is 1. The number of thiazole rings is 1. The van der Waals surface area contributed by atoms with Gasteiger partial charge in [0.15, 0.2) is 0 Å². The first-order valence-corrected chi connectivity index (χ1v) is 24.8. The van der Waals surface area contributed by atoms with Gasteiger partial charge in [-0.2, -0.15) is 0 Å². The number of hydrogen-bond acceptors (Lipinski definition) is 11. The van der Waals surface area contributed by atoms with Crippen LogP contribution in [0, 0.1) is 17.3 Å². The third-order valence-corrected chi connectivity index (χ3v) is 14.9. The zero-order valence-corrected chi connectivity index (χ0v) is 42.2. The number of nitrogens with one attached hydrogen (secondary N) is 2. The van der Waals surface area contributed by atoms with E-state index in [9.17, 15) is 24.0 Å². The molecule has 4 aromatic rings. The summed E-state index contributed by atoms with van der Waals surface area (Å²) in [5, 5.41) is 8.12. The number of cyclic esters (lactones) is 1. The average Bonchev–Trinajstić information content (AvgIpc) is 4.07. The summed E-state index contributed by atoms with van der Waals surface area (Å²) in [5.74, 6) is -1.87. The second kappa shape index (κ2) is 20.9. The molecule has 17 heteroatoms. The summed E-state index contributed by atoms with van der Waals surface area (Å²) < 4.78 is 14.3. The van der Waals surface area contributed by atoms with E-state index in [0.29, 0.717) is 50.4 Å². The molecule has 0 spiro atoms. The molecule has 2 fully saturated rings. The topological polar surface area (TPSA) is 172 Å². The molecule has 3 aromatic heterocycles. The molecule has 6 atom stereocenters. The molecule has 0 aliphatic carbocycles. The van der Waals surface area contributed by atoms with Crippen molar-refractivity contribution in [1.82, 2.24) is 45.0 Å². The molecule has 16 nitrogen and oxygen atoms in total. The Morgan fingerprint density at radius 3 is 2.59 bits per heavy atom. The van der Waals surface area contributed by atoms with Gasteiger partial charge in [0.1, 0.15) is 18.1 Å². The van der Waals surface area contributed by atoms with Gasteiger partial charge in [0.2, 0.25) is 11.8 Å². The number of likely N-dealkylation sites (N-methyl/N-ethyl adjacent to an activating group) is 2. The lowest BCUT2D eigenvalue weighted by Gasteiger charge is -2.37. The Balaban J connectivity index is 1.25. The van der Waals surface area contributed by atoms with Crippen molar-refractivity contribution in [2.45, 2.75) is 117 Å². The van der Waals surface area contributed by atoms with Crippen LogP contribution in [-0.4, -0.2) is 136 Å². The first kappa shape index (κ1) is 50.2. The van der Waals surface area contributed by atoms with Crippen LogP contribution >= 0.6 is 11.3 Å². The lowest BCUT2D eigenvalue weighted by atomic mass is 9.84. The van der Waals surface area contributed by atoms with Gasteiger partial charge in [0.05, 0.1) is 40.8 Å². The summed E-state index contributed by atoms with van der Waals surface area (Å²) in [6.45, 7) is 19.6. The van der Waals surface area contributed by atoms with E-state index in [4.69, 9.17) is 19.4 Å². The number of methoxy groups -OCH3 is 1. The standard InChI is InChI=1S/C51H69N9O7S/c1-12-32-26-58(27-41(32)56(9)43(61)13-2)50(65)57(10)45(30(4)5)47(62)54-38-24-42-53-39(28-68-42)33-19-20-40-35(23-33)36(46(59(40)14-3)34-17-15-21-52-44(34)31(6)66-11)25-51(7,8)29-67-49(64)37-18-16-22-60(55-37)48(38)63/h13,15,17,19-21,23,28,30-32,37-38,41,45,55H,2,12,14,16,18,22,24-27,29H2,1,3-11H3,(H,54,62)/t31-,32-,37-,38-,41-,45-/m0/s1. The van der Waals surface area contributed by atoms with Crippen molar-refractivity contribution in [2.75, 3.05) is 47.4 Å². The lowest BCUT2D eigenvalue weighted by molar-refractivity contribution is -0.155. The van der Waals surface area contributed by atoms with Crippen molar-refractivity contribution in [2.24, 2.45) is 17.3 Å². The van der Waals surface area contributed by atoms with E-state index in [1.807, 2.05) is 39.1 Å². The second-order valence-electron chi connectivity index (χ2n) is 19.6. The van der Waals surface area contributed by atoms with Gasteiger partial charge < -0.3 is 34.1 Å². The number of hydrogen-bond donors (Lipinski definition) is 2. The van der Waals surface area contributed by atoms with Gasteiger partial charge in [-0.05, 0) is 87.3 Å². The third kappa shape index (κ3) is 10.2. The number of urea groups is 1. The van der Waals surface area contributed by atoms with E-state index in [1.165, 1.54) is 27.3 Å². The number of rotatable bonds is 11. The summed E-state index contributed by atoms with van der Waals surface area (Å²) >= 11 is 1.41. The molecule has 68 heavy (non-hydrogen) atoms. The number of likely N-dealkylation sites (tertiary alicyclic amines) is 1. The van der Waals surface area contributed by atoms with E-state index >= 15 is 0 Å². The Bertz CT molecular complexity index is 2530. The number of amides is 5. The molecule has 2 N–H and O–H groups in total. The number of benzene rings is 1. The van der Waals surface area contributed by atoms with E-state index in [1.54, 1.807) is 37.2 Å². The van der Waals surface area contributed by atoms with Crippen molar-refractivity contribution in [3.8, 4) is 22.5 Å². The number of carbonyl (C=O) groups excluding carboxylic acids is 5. The number of hydrazine groups is 1.